The fourth-order valence-electron chi connectivity index (χ4n) is 2.02. The topological polar surface area (TPSA) is 95.7 Å². The van der Waals surface area contributed by atoms with Gasteiger partial charge in [-0.1, -0.05) is 17.7 Å². The molecule has 0 unspecified atom stereocenters. The highest BCUT2D eigenvalue weighted by Crippen LogP contribution is 2.20. The lowest BCUT2D eigenvalue weighted by molar-refractivity contribution is 0.184. The predicted octanol–water partition coefficient (Wildman–Crippen LogP) is 1.00. The van der Waals surface area contributed by atoms with E-state index in [0.717, 1.165) is 9.87 Å². The summed E-state index contributed by atoms with van der Waals surface area (Å²) in [6.45, 7) is 2.85. The molecule has 21 heavy (non-hydrogen) atoms. The molecule has 0 radical (unpaired) electrons. The van der Waals surface area contributed by atoms with Crippen LogP contribution in [0.4, 0.5) is 10.5 Å². The molecule has 9 heteroatoms. The van der Waals surface area contributed by atoms with E-state index in [4.69, 9.17) is 16.7 Å². The number of benzene rings is 1. The number of carbonyl (C=O) groups is 1. The molecule has 0 spiro atoms. The summed E-state index contributed by atoms with van der Waals surface area (Å²) in [5.74, 6) is 0. The van der Waals surface area contributed by atoms with Crippen molar-refractivity contribution in [2.75, 3.05) is 31.5 Å². The zero-order valence-electron chi connectivity index (χ0n) is 11.5. The van der Waals surface area contributed by atoms with Crippen molar-refractivity contribution in [2.45, 2.75) is 6.92 Å². The number of nitrogens with two attached hydrogens (primary N) is 1. The van der Waals surface area contributed by atoms with Crippen LogP contribution < -0.4 is 10.5 Å². The average Bonchev–Trinajstić information content (AvgIpc) is 2.42. The summed E-state index contributed by atoms with van der Waals surface area (Å²) in [5, 5.41) is 8.36. The summed E-state index contributed by atoms with van der Waals surface area (Å²) in [6.07, 6.45) is 0. The zero-order valence-corrected chi connectivity index (χ0v) is 13.1. The van der Waals surface area contributed by atoms with E-state index in [1.54, 1.807) is 12.1 Å². The van der Waals surface area contributed by atoms with Crippen LogP contribution in [0.5, 0.6) is 0 Å². The van der Waals surface area contributed by atoms with Crippen molar-refractivity contribution in [2.24, 2.45) is 5.14 Å². The van der Waals surface area contributed by atoms with Crippen LogP contribution in [0.15, 0.2) is 18.2 Å². The minimum Gasteiger partial charge on any atom is -0.322 e. The highest BCUT2D eigenvalue weighted by atomic mass is 35.5. The maximum atomic E-state index is 12.1. The highest BCUT2D eigenvalue weighted by Gasteiger charge is 2.26. The number of hydrogen-bond donors (Lipinski definition) is 2. The smallest absolute Gasteiger partial charge is 0.321 e. The van der Waals surface area contributed by atoms with Crippen LogP contribution in [0.25, 0.3) is 0 Å². The molecule has 0 bridgehead atoms. The Hall–Kier alpha value is -1.35. The molecule has 2 rings (SSSR count). The lowest BCUT2D eigenvalue weighted by Crippen LogP contribution is -2.53. The third kappa shape index (κ3) is 4.07. The SMILES string of the molecule is Cc1ccc(NC(=O)N2CCN(S(N)(=O)=O)CC2)cc1Cl. The second-order valence-electron chi connectivity index (χ2n) is 4.83. The number of anilines is 1. The second-order valence-corrected chi connectivity index (χ2v) is 6.78. The third-order valence-corrected chi connectivity index (χ3v) is 4.80. The van der Waals surface area contributed by atoms with Crippen LogP contribution in [-0.2, 0) is 10.2 Å². The number of halogens is 1. The monoisotopic (exact) mass is 332 g/mol. The number of amides is 2. The maximum absolute atomic E-state index is 12.1. The van der Waals surface area contributed by atoms with Gasteiger partial charge >= 0.3 is 6.03 Å². The third-order valence-electron chi connectivity index (χ3n) is 3.31. The predicted molar refractivity (Wildman–Crippen MR) is 81.5 cm³/mol. The Bertz CT molecular complexity index is 642. The Balaban J connectivity index is 1.95. The lowest BCUT2D eigenvalue weighted by atomic mass is 10.2. The van der Waals surface area contributed by atoms with Gasteiger partial charge in [0.1, 0.15) is 0 Å². The van der Waals surface area contributed by atoms with E-state index in [0.29, 0.717) is 23.8 Å². The van der Waals surface area contributed by atoms with E-state index in [2.05, 4.69) is 5.32 Å². The van der Waals surface area contributed by atoms with Crippen molar-refractivity contribution in [3.8, 4) is 0 Å². The first-order chi connectivity index (χ1) is 9.77. The molecule has 1 saturated heterocycles. The Kier molecular flexibility index (Phi) is 4.72. The molecule has 0 aromatic heterocycles. The fraction of sp³-hybridized carbons (Fsp3) is 0.417. The Morgan fingerprint density at radius 2 is 1.90 bits per heavy atom. The summed E-state index contributed by atoms with van der Waals surface area (Å²) in [4.78, 5) is 13.6. The molecule has 1 fully saturated rings. The molecule has 1 aromatic carbocycles. The average molecular weight is 333 g/mol. The quantitative estimate of drug-likeness (QED) is 0.845. The van der Waals surface area contributed by atoms with Crippen LogP contribution in [0.2, 0.25) is 5.02 Å². The van der Waals surface area contributed by atoms with Gasteiger partial charge in [0, 0.05) is 36.9 Å². The number of aryl methyl sites for hydroxylation is 1. The first-order valence-corrected chi connectivity index (χ1v) is 8.25. The number of piperazine rings is 1. The molecule has 1 aromatic rings. The molecule has 0 atom stereocenters. The van der Waals surface area contributed by atoms with Crippen LogP contribution in [-0.4, -0.2) is 49.8 Å². The number of nitrogens with one attached hydrogen (secondary N) is 1. The van der Waals surface area contributed by atoms with Gasteiger partial charge in [-0.2, -0.15) is 12.7 Å². The number of nitrogens with zero attached hydrogens (tertiary/aromatic N) is 2. The van der Waals surface area contributed by atoms with E-state index in [1.165, 1.54) is 4.90 Å². The van der Waals surface area contributed by atoms with Crippen molar-refractivity contribution < 1.29 is 13.2 Å². The molecular formula is C12H17ClN4O3S. The largest absolute Gasteiger partial charge is 0.322 e. The van der Waals surface area contributed by atoms with E-state index < -0.39 is 10.2 Å². The molecule has 1 aliphatic heterocycles. The number of carbonyl (C=O) groups excluding carboxylic acids is 1. The Morgan fingerprint density at radius 3 is 2.43 bits per heavy atom. The fourth-order valence-corrected chi connectivity index (χ4v) is 2.87. The van der Waals surface area contributed by atoms with Gasteiger partial charge in [0.25, 0.3) is 10.2 Å². The molecular weight excluding hydrogens is 316 g/mol. The van der Waals surface area contributed by atoms with Gasteiger partial charge in [-0.3, -0.25) is 0 Å². The molecule has 1 aliphatic rings. The maximum Gasteiger partial charge on any atom is 0.321 e. The van der Waals surface area contributed by atoms with E-state index >= 15 is 0 Å². The van der Waals surface area contributed by atoms with Gasteiger partial charge in [0.2, 0.25) is 0 Å². The second kappa shape index (κ2) is 6.18. The van der Waals surface area contributed by atoms with Gasteiger partial charge in [-0.15, -0.1) is 0 Å². The van der Waals surface area contributed by atoms with Crippen LogP contribution in [0, 0.1) is 6.92 Å². The van der Waals surface area contributed by atoms with Gasteiger partial charge in [0.15, 0.2) is 0 Å². The van der Waals surface area contributed by atoms with Gasteiger partial charge in [-0.25, -0.2) is 9.93 Å². The van der Waals surface area contributed by atoms with Crippen LogP contribution in [0.1, 0.15) is 5.56 Å². The van der Waals surface area contributed by atoms with Gasteiger partial charge in [0.05, 0.1) is 0 Å². The molecule has 0 saturated carbocycles. The van der Waals surface area contributed by atoms with Crippen molar-refractivity contribution in [3.05, 3.63) is 28.8 Å². The zero-order chi connectivity index (χ0) is 15.6. The lowest BCUT2D eigenvalue weighted by Gasteiger charge is -2.32. The van der Waals surface area contributed by atoms with Gasteiger partial charge < -0.3 is 10.2 Å². The normalized spacial score (nSPS) is 16.8. The van der Waals surface area contributed by atoms with Gasteiger partial charge in [-0.05, 0) is 24.6 Å². The number of urea groups is 1. The first-order valence-electron chi connectivity index (χ1n) is 6.37. The Morgan fingerprint density at radius 1 is 1.29 bits per heavy atom. The Labute approximate surface area is 128 Å². The van der Waals surface area contributed by atoms with Crippen molar-refractivity contribution in [1.29, 1.82) is 0 Å². The molecule has 116 valence electrons. The minimum absolute atomic E-state index is 0.195. The van der Waals surface area contributed by atoms with Crippen LogP contribution in [0.3, 0.4) is 0 Å². The standard InChI is InChI=1S/C12H17ClN4O3S/c1-9-2-3-10(8-11(9)13)15-12(18)16-4-6-17(7-5-16)21(14,19)20/h2-3,8H,4-7H2,1H3,(H,15,18)(H2,14,19,20). The summed E-state index contributed by atoms with van der Waals surface area (Å²) in [7, 11) is -3.69. The van der Waals surface area contributed by atoms with Crippen molar-refractivity contribution >= 4 is 33.5 Å². The molecule has 7 nitrogen and oxygen atoms in total. The molecule has 3 N–H and O–H groups in total. The highest BCUT2D eigenvalue weighted by molar-refractivity contribution is 7.86. The number of hydrogen-bond acceptors (Lipinski definition) is 3. The summed E-state index contributed by atoms with van der Waals surface area (Å²) in [5.41, 5.74) is 1.53. The van der Waals surface area contributed by atoms with E-state index in [9.17, 15) is 13.2 Å². The summed E-state index contributed by atoms with van der Waals surface area (Å²) >= 11 is 6.00. The van der Waals surface area contributed by atoms with Crippen molar-refractivity contribution in [3.63, 3.8) is 0 Å². The summed E-state index contributed by atoms with van der Waals surface area (Å²) in [6, 6.07) is 4.97. The first kappa shape index (κ1) is 16.0. The molecule has 0 aliphatic carbocycles. The number of rotatable bonds is 2. The van der Waals surface area contributed by atoms with E-state index in [-0.39, 0.29) is 19.1 Å². The minimum atomic E-state index is -3.69. The van der Waals surface area contributed by atoms with Crippen molar-refractivity contribution in [1.82, 2.24) is 9.21 Å². The van der Waals surface area contributed by atoms with E-state index in [1.807, 2.05) is 13.0 Å². The van der Waals surface area contributed by atoms with Crippen LogP contribution >= 0.6 is 11.6 Å². The molecule has 2 amide bonds. The molecule has 1 heterocycles. The summed E-state index contributed by atoms with van der Waals surface area (Å²) < 4.78 is 23.5.